The number of hydrogen-bond donors (Lipinski definition) is 2. The first-order valence-corrected chi connectivity index (χ1v) is 8.82. The van der Waals surface area contributed by atoms with Crippen molar-refractivity contribution in [3.8, 4) is 0 Å². The minimum absolute atomic E-state index is 0. The molecule has 2 aromatic carbocycles. The highest BCUT2D eigenvalue weighted by Gasteiger charge is 2.26. The summed E-state index contributed by atoms with van der Waals surface area (Å²) in [5.41, 5.74) is 3.56. The number of rotatable bonds is 3. The number of hydrogen-bond acceptors (Lipinski definition) is 3. The van der Waals surface area contributed by atoms with Crippen LogP contribution in [0.25, 0.3) is 0 Å². The zero-order valence-corrected chi connectivity index (χ0v) is 15.6. The molecule has 7 heteroatoms. The molecule has 2 heterocycles. The zero-order valence-electron chi connectivity index (χ0n) is 14.8. The quantitative estimate of drug-likeness (QED) is 0.848. The minimum Gasteiger partial charge on any atom is -0.322 e. The van der Waals surface area contributed by atoms with Gasteiger partial charge in [-0.15, -0.1) is 12.4 Å². The highest BCUT2D eigenvalue weighted by molar-refractivity contribution is 6.04. The first-order chi connectivity index (χ1) is 12.6. The summed E-state index contributed by atoms with van der Waals surface area (Å²) in [5.74, 6) is -0.860. The fourth-order valence-electron chi connectivity index (χ4n) is 3.63. The molecule has 2 N–H and O–H groups in total. The van der Waals surface area contributed by atoms with Crippen molar-refractivity contribution in [2.75, 3.05) is 23.3 Å². The van der Waals surface area contributed by atoms with E-state index < -0.39 is 5.91 Å². The molecule has 0 saturated carbocycles. The van der Waals surface area contributed by atoms with E-state index in [2.05, 4.69) is 10.6 Å². The number of para-hydroxylation sites is 1. The van der Waals surface area contributed by atoms with Crippen LogP contribution in [0.2, 0.25) is 0 Å². The SMILES string of the molecule is Cl.O=C(CN1C(=O)CCc2ccccc21)Nc1ccc2c(c1F)CCNC2. The van der Waals surface area contributed by atoms with E-state index in [1.807, 2.05) is 30.3 Å². The lowest BCUT2D eigenvalue weighted by atomic mass is 9.99. The fraction of sp³-hybridized carbons (Fsp3) is 0.300. The van der Waals surface area contributed by atoms with E-state index in [1.54, 1.807) is 6.07 Å². The van der Waals surface area contributed by atoms with Crippen LogP contribution < -0.4 is 15.5 Å². The number of carbonyl (C=O) groups is 2. The van der Waals surface area contributed by atoms with Crippen LogP contribution in [-0.2, 0) is 29.0 Å². The molecule has 0 bridgehead atoms. The lowest BCUT2D eigenvalue weighted by molar-refractivity contribution is -0.121. The maximum Gasteiger partial charge on any atom is 0.244 e. The third-order valence-corrected chi connectivity index (χ3v) is 4.97. The van der Waals surface area contributed by atoms with Gasteiger partial charge in [0.2, 0.25) is 11.8 Å². The van der Waals surface area contributed by atoms with Gasteiger partial charge < -0.3 is 15.5 Å². The molecule has 142 valence electrons. The lowest BCUT2D eigenvalue weighted by Crippen LogP contribution is -2.41. The van der Waals surface area contributed by atoms with Crippen LogP contribution in [0.3, 0.4) is 0 Å². The summed E-state index contributed by atoms with van der Waals surface area (Å²) < 4.78 is 14.7. The summed E-state index contributed by atoms with van der Waals surface area (Å²) in [5, 5.41) is 5.83. The molecule has 2 aromatic rings. The van der Waals surface area contributed by atoms with Crippen molar-refractivity contribution in [2.24, 2.45) is 0 Å². The Kier molecular flexibility index (Phi) is 5.77. The molecule has 0 unspecified atom stereocenters. The molecule has 27 heavy (non-hydrogen) atoms. The summed E-state index contributed by atoms with van der Waals surface area (Å²) in [6.07, 6.45) is 1.66. The van der Waals surface area contributed by atoms with E-state index >= 15 is 0 Å². The number of fused-ring (bicyclic) bond motifs is 2. The van der Waals surface area contributed by atoms with E-state index in [0.29, 0.717) is 31.4 Å². The van der Waals surface area contributed by atoms with Gasteiger partial charge in [0, 0.05) is 18.7 Å². The van der Waals surface area contributed by atoms with Gasteiger partial charge in [-0.1, -0.05) is 24.3 Å². The Balaban J connectivity index is 0.00000210. The highest BCUT2D eigenvalue weighted by Crippen LogP contribution is 2.28. The maximum absolute atomic E-state index is 14.7. The van der Waals surface area contributed by atoms with E-state index in [0.717, 1.165) is 23.4 Å². The number of amides is 2. The Hall–Kier alpha value is -2.44. The van der Waals surface area contributed by atoms with E-state index in [9.17, 15) is 14.0 Å². The Labute approximate surface area is 163 Å². The second-order valence-corrected chi connectivity index (χ2v) is 6.65. The number of carbonyl (C=O) groups excluding carboxylic acids is 2. The standard InChI is InChI=1S/C20H20FN3O2.ClH/c21-20-15-9-10-22-11-14(15)5-7-16(20)23-18(25)12-24-17-4-2-1-3-13(17)6-8-19(24)26;/h1-5,7,22H,6,8-12H2,(H,23,25);1H. The Morgan fingerprint density at radius 2 is 1.93 bits per heavy atom. The fourth-order valence-corrected chi connectivity index (χ4v) is 3.63. The summed E-state index contributed by atoms with van der Waals surface area (Å²) >= 11 is 0. The van der Waals surface area contributed by atoms with Crippen LogP contribution in [0.15, 0.2) is 36.4 Å². The van der Waals surface area contributed by atoms with Gasteiger partial charge in [-0.05, 0) is 48.2 Å². The molecule has 2 aliphatic heterocycles. The number of halogens is 2. The van der Waals surface area contributed by atoms with E-state index in [-0.39, 0.29) is 36.4 Å². The molecule has 2 aliphatic rings. The molecular weight excluding hydrogens is 369 g/mol. The number of nitrogens with zero attached hydrogens (tertiary/aromatic N) is 1. The van der Waals surface area contributed by atoms with Crippen LogP contribution in [0.1, 0.15) is 23.1 Å². The molecular formula is C20H21ClFN3O2. The average molecular weight is 390 g/mol. The Morgan fingerprint density at radius 3 is 2.78 bits per heavy atom. The van der Waals surface area contributed by atoms with Crippen molar-refractivity contribution in [2.45, 2.75) is 25.8 Å². The van der Waals surface area contributed by atoms with Crippen molar-refractivity contribution in [3.05, 3.63) is 58.9 Å². The van der Waals surface area contributed by atoms with Gasteiger partial charge >= 0.3 is 0 Å². The van der Waals surface area contributed by atoms with Gasteiger partial charge in [-0.2, -0.15) is 0 Å². The van der Waals surface area contributed by atoms with Crippen molar-refractivity contribution in [3.63, 3.8) is 0 Å². The van der Waals surface area contributed by atoms with Crippen LogP contribution >= 0.6 is 12.4 Å². The van der Waals surface area contributed by atoms with Gasteiger partial charge in [-0.25, -0.2) is 4.39 Å². The zero-order chi connectivity index (χ0) is 18.1. The monoisotopic (exact) mass is 389 g/mol. The molecule has 0 saturated heterocycles. The average Bonchev–Trinajstić information content (AvgIpc) is 2.66. The molecule has 4 rings (SSSR count). The van der Waals surface area contributed by atoms with Crippen molar-refractivity contribution >= 4 is 35.6 Å². The van der Waals surface area contributed by atoms with Crippen molar-refractivity contribution in [1.29, 1.82) is 0 Å². The lowest BCUT2D eigenvalue weighted by Gasteiger charge is -2.29. The van der Waals surface area contributed by atoms with Gasteiger partial charge in [0.05, 0.1) is 5.69 Å². The summed E-state index contributed by atoms with van der Waals surface area (Å²) in [6.45, 7) is 1.24. The topological polar surface area (TPSA) is 61.4 Å². The normalized spacial score (nSPS) is 15.4. The number of nitrogens with one attached hydrogen (secondary N) is 2. The minimum atomic E-state index is -0.400. The summed E-state index contributed by atoms with van der Waals surface area (Å²) in [6, 6.07) is 11.0. The first-order valence-electron chi connectivity index (χ1n) is 8.82. The van der Waals surface area contributed by atoms with Crippen LogP contribution in [-0.4, -0.2) is 24.9 Å². The highest BCUT2D eigenvalue weighted by atomic mass is 35.5. The largest absolute Gasteiger partial charge is 0.322 e. The maximum atomic E-state index is 14.7. The Morgan fingerprint density at radius 1 is 1.11 bits per heavy atom. The number of benzene rings is 2. The molecule has 0 aliphatic carbocycles. The second kappa shape index (κ2) is 8.06. The first kappa shape index (κ1) is 19.3. The van der Waals surface area contributed by atoms with E-state index in [4.69, 9.17) is 0 Å². The van der Waals surface area contributed by atoms with E-state index in [1.165, 1.54) is 4.90 Å². The molecule has 0 radical (unpaired) electrons. The predicted molar refractivity (Wildman–Crippen MR) is 105 cm³/mol. The van der Waals surface area contributed by atoms with Gasteiger partial charge in [0.15, 0.2) is 0 Å². The molecule has 0 atom stereocenters. The predicted octanol–water partition coefficient (Wildman–Crippen LogP) is 2.81. The number of anilines is 2. The Bertz CT molecular complexity index is 888. The van der Waals surface area contributed by atoms with Gasteiger partial charge in [0.1, 0.15) is 12.4 Å². The third-order valence-electron chi connectivity index (χ3n) is 4.97. The smallest absolute Gasteiger partial charge is 0.244 e. The molecule has 5 nitrogen and oxygen atoms in total. The number of aryl methyl sites for hydroxylation is 1. The summed E-state index contributed by atoms with van der Waals surface area (Å²) in [7, 11) is 0. The van der Waals surface area contributed by atoms with Crippen LogP contribution in [0.5, 0.6) is 0 Å². The molecule has 0 aromatic heterocycles. The van der Waals surface area contributed by atoms with Crippen LogP contribution in [0, 0.1) is 5.82 Å². The summed E-state index contributed by atoms with van der Waals surface area (Å²) in [4.78, 5) is 26.2. The van der Waals surface area contributed by atoms with Crippen LogP contribution in [0.4, 0.5) is 15.8 Å². The molecule has 0 fully saturated rings. The molecule has 0 spiro atoms. The second-order valence-electron chi connectivity index (χ2n) is 6.65. The van der Waals surface area contributed by atoms with Crippen molar-refractivity contribution < 1.29 is 14.0 Å². The van der Waals surface area contributed by atoms with Gasteiger partial charge in [0.25, 0.3) is 0 Å². The van der Waals surface area contributed by atoms with Gasteiger partial charge in [-0.3, -0.25) is 9.59 Å². The van der Waals surface area contributed by atoms with Crippen molar-refractivity contribution in [1.82, 2.24) is 5.32 Å². The molecule has 2 amide bonds. The third kappa shape index (κ3) is 3.82.